The summed E-state index contributed by atoms with van der Waals surface area (Å²) in [4.78, 5) is 41.4. The van der Waals surface area contributed by atoms with Gasteiger partial charge in [-0.25, -0.2) is 4.79 Å². The molecule has 0 saturated carbocycles. The SMILES string of the molecule is C#Cc1ccc(C(C(=O)Nc2ccccc2C)N(CCCCC)C(=O)C(CO)NC(=O)OC(C)(C)C)cc1. The van der Waals surface area contributed by atoms with Crippen molar-refractivity contribution >= 4 is 23.6 Å². The number of ether oxygens (including phenoxy) is 1. The standard InChI is InChI=1S/C30H39N3O5/c1-7-9-12-19-33(28(36)25(20-34)32-29(37)38-30(4,5)6)26(23-17-15-22(8-2)16-18-23)27(35)31-24-14-11-10-13-21(24)3/h2,10-11,13-18,25-26,34H,7,9,12,19-20H2,1,3-6H3,(H,31,35)(H,32,37). The molecular formula is C30H39N3O5. The molecule has 0 aliphatic heterocycles. The molecule has 2 unspecified atom stereocenters. The van der Waals surface area contributed by atoms with Crippen LogP contribution in [0.25, 0.3) is 0 Å². The molecule has 2 aromatic rings. The van der Waals surface area contributed by atoms with Gasteiger partial charge in [0, 0.05) is 17.8 Å². The summed E-state index contributed by atoms with van der Waals surface area (Å²) in [7, 11) is 0. The molecule has 0 spiro atoms. The zero-order chi connectivity index (χ0) is 28.3. The van der Waals surface area contributed by atoms with Crippen LogP contribution in [0, 0.1) is 19.3 Å². The first-order valence-corrected chi connectivity index (χ1v) is 12.8. The van der Waals surface area contributed by atoms with Crippen molar-refractivity contribution in [3.8, 4) is 12.3 Å². The molecule has 8 nitrogen and oxygen atoms in total. The zero-order valence-corrected chi connectivity index (χ0v) is 22.9. The second-order valence-corrected chi connectivity index (χ2v) is 10.1. The first kappa shape index (κ1) is 30.4. The summed E-state index contributed by atoms with van der Waals surface area (Å²) in [6, 6.07) is 11.9. The van der Waals surface area contributed by atoms with Crippen LogP contribution >= 0.6 is 0 Å². The molecule has 0 saturated heterocycles. The summed E-state index contributed by atoms with van der Waals surface area (Å²) in [5, 5.41) is 15.5. The van der Waals surface area contributed by atoms with E-state index in [0.717, 1.165) is 18.4 Å². The highest BCUT2D eigenvalue weighted by atomic mass is 16.6. The smallest absolute Gasteiger partial charge is 0.408 e. The van der Waals surface area contributed by atoms with E-state index in [1.54, 1.807) is 51.1 Å². The molecule has 0 bridgehead atoms. The minimum absolute atomic E-state index is 0.238. The predicted molar refractivity (Wildman–Crippen MR) is 148 cm³/mol. The number of unbranched alkanes of at least 4 members (excludes halogenated alkanes) is 2. The number of carbonyl (C=O) groups is 3. The molecule has 3 amide bonds. The number of hydrogen-bond donors (Lipinski definition) is 3. The van der Waals surface area contributed by atoms with Crippen molar-refractivity contribution in [2.75, 3.05) is 18.5 Å². The third-order valence-electron chi connectivity index (χ3n) is 5.81. The number of nitrogens with zero attached hydrogens (tertiary/aromatic N) is 1. The zero-order valence-electron chi connectivity index (χ0n) is 22.9. The lowest BCUT2D eigenvalue weighted by atomic mass is 10.0. The highest BCUT2D eigenvalue weighted by Gasteiger charge is 2.36. The number of terminal acetylenes is 1. The van der Waals surface area contributed by atoms with Crippen molar-refractivity contribution < 1.29 is 24.2 Å². The van der Waals surface area contributed by atoms with Crippen LogP contribution in [0.5, 0.6) is 0 Å². The number of alkyl carbamates (subject to hydrolysis) is 1. The van der Waals surface area contributed by atoms with Crippen molar-refractivity contribution in [3.63, 3.8) is 0 Å². The van der Waals surface area contributed by atoms with E-state index in [2.05, 4.69) is 16.6 Å². The largest absolute Gasteiger partial charge is 0.444 e. The van der Waals surface area contributed by atoms with Gasteiger partial charge in [-0.15, -0.1) is 6.42 Å². The molecule has 3 N–H and O–H groups in total. The van der Waals surface area contributed by atoms with Crippen LogP contribution in [-0.4, -0.2) is 52.7 Å². The topological polar surface area (TPSA) is 108 Å². The minimum Gasteiger partial charge on any atom is -0.444 e. The number of nitrogens with one attached hydrogen (secondary N) is 2. The average molecular weight is 522 g/mol. The third-order valence-corrected chi connectivity index (χ3v) is 5.81. The van der Waals surface area contributed by atoms with Crippen LogP contribution in [0.4, 0.5) is 10.5 Å². The fraction of sp³-hybridized carbons (Fsp3) is 0.433. The van der Waals surface area contributed by atoms with E-state index in [9.17, 15) is 19.5 Å². The Morgan fingerprint density at radius 3 is 2.29 bits per heavy atom. The third kappa shape index (κ3) is 8.93. The highest BCUT2D eigenvalue weighted by Crippen LogP contribution is 2.26. The number of benzene rings is 2. The molecule has 0 radical (unpaired) electrons. The Balaban J connectivity index is 2.50. The second-order valence-electron chi connectivity index (χ2n) is 10.1. The molecule has 8 heteroatoms. The Hall–Kier alpha value is -3.83. The fourth-order valence-electron chi connectivity index (χ4n) is 3.88. The average Bonchev–Trinajstić information content (AvgIpc) is 2.87. The molecule has 2 aromatic carbocycles. The summed E-state index contributed by atoms with van der Waals surface area (Å²) in [5.41, 5.74) is 1.88. The summed E-state index contributed by atoms with van der Waals surface area (Å²) in [5.74, 6) is 1.53. The summed E-state index contributed by atoms with van der Waals surface area (Å²) in [6.07, 6.45) is 7.04. The van der Waals surface area contributed by atoms with Gasteiger partial charge in [0.15, 0.2) is 0 Å². The normalized spacial score (nSPS) is 12.6. The maximum absolute atomic E-state index is 13.8. The molecule has 38 heavy (non-hydrogen) atoms. The quantitative estimate of drug-likeness (QED) is 0.297. The Bertz CT molecular complexity index is 1130. The van der Waals surface area contributed by atoms with Crippen LogP contribution in [-0.2, 0) is 14.3 Å². The molecular weight excluding hydrogens is 482 g/mol. The number of hydrogen-bond acceptors (Lipinski definition) is 5. The molecule has 0 aliphatic rings. The van der Waals surface area contributed by atoms with E-state index < -0.39 is 42.2 Å². The van der Waals surface area contributed by atoms with Crippen LogP contribution in [0.2, 0.25) is 0 Å². The minimum atomic E-state index is -1.30. The van der Waals surface area contributed by atoms with Gasteiger partial charge in [-0.1, -0.05) is 56.0 Å². The number of carbonyl (C=O) groups excluding carboxylic acids is 3. The van der Waals surface area contributed by atoms with Gasteiger partial charge < -0.3 is 25.4 Å². The van der Waals surface area contributed by atoms with E-state index in [1.165, 1.54) is 4.90 Å². The lowest BCUT2D eigenvalue weighted by Crippen LogP contribution is -2.54. The van der Waals surface area contributed by atoms with Gasteiger partial charge in [0.2, 0.25) is 5.91 Å². The Morgan fingerprint density at radius 1 is 1.08 bits per heavy atom. The molecule has 0 fully saturated rings. The molecule has 0 heterocycles. The number of aliphatic hydroxyl groups excluding tert-OH is 1. The molecule has 0 aliphatic carbocycles. The highest BCUT2D eigenvalue weighted by molar-refractivity contribution is 5.99. The van der Waals surface area contributed by atoms with Crippen LogP contribution in [0.3, 0.4) is 0 Å². The summed E-state index contributed by atoms with van der Waals surface area (Å²) in [6.45, 7) is 8.59. The van der Waals surface area contributed by atoms with E-state index in [-0.39, 0.29) is 6.54 Å². The number of aryl methyl sites for hydroxylation is 1. The number of rotatable bonds is 11. The molecule has 0 aromatic heterocycles. The van der Waals surface area contributed by atoms with Crippen molar-refractivity contribution in [1.29, 1.82) is 0 Å². The Kier molecular flexibility index (Phi) is 11.4. The van der Waals surface area contributed by atoms with Gasteiger partial charge in [-0.3, -0.25) is 9.59 Å². The van der Waals surface area contributed by atoms with Gasteiger partial charge in [-0.2, -0.15) is 0 Å². The van der Waals surface area contributed by atoms with Crippen molar-refractivity contribution in [1.82, 2.24) is 10.2 Å². The predicted octanol–water partition coefficient (Wildman–Crippen LogP) is 4.56. The lowest BCUT2D eigenvalue weighted by molar-refractivity contribution is -0.141. The summed E-state index contributed by atoms with van der Waals surface area (Å²) < 4.78 is 5.28. The van der Waals surface area contributed by atoms with E-state index in [0.29, 0.717) is 23.2 Å². The van der Waals surface area contributed by atoms with Crippen LogP contribution in [0.1, 0.15) is 69.7 Å². The number of amides is 3. The maximum Gasteiger partial charge on any atom is 0.408 e. The lowest BCUT2D eigenvalue weighted by Gasteiger charge is -2.34. The van der Waals surface area contributed by atoms with Crippen molar-refractivity contribution in [2.45, 2.75) is 71.6 Å². The van der Waals surface area contributed by atoms with E-state index in [4.69, 9.17) is 11.2 Å². The number of aliphatic hydroxyl groups is 1. The van der Waals surface area contributed by atoms with Crippen molar-refractivity contribution in [3.05, 3.63) is 65.2 Å². The van der Waals surface area contributed by atoms with Crippen LogP contribution < -0.4 is 10.6 Å². The maximum atomic E-state index is 13.8. The Morgan fingerprint density at radius 2 is 1.74 bits per heavy atom. The number of anilines is 1. The molecule has 2 rings (SSSR count). The second kappa shape index (κ2) is 14.2. The van der Waals surface area contributed by atoms with Gasteiger partial charge >= 0.3 is 6.09 Å². The van der Waals surface area contributed by atoms with E-state index >= 15 is 0 Å². The Labute approximate surface area is 225 Å². The fourth-order valence-corrected chi connectivity index (χ4v) is 3.88. The van der Waals surface area contributed by atoms with E-state index in [1.807, 2.05) is 32.0 Å². The van der Waals surface area contributed by atoms with Gasteiger partial charge in [-0.05, 0) is 63.4 Å². The molecule has 204 valence electrons. The number of para-hydroxylation sites is 1. The van der Waals surface area contributed by atoms with Gasteiger partial charge in [0.25, 0.3) is 5.91 Å². The van der Waals surface area contributed by atoms with Gasteiger partial charge in [0.05, 0.1) is 6.61 Å². The summed E-state index contributed by atoms with van der Waals surface area (Å²) >= 11 is 0. The monoisotopic (exact) mass is 521 g/mol. The first-order chi connectivity index (χ1) is 18.0. The van der Waals surface area contributed by atoms with Gasteiger partial charge in [0.1, 0.15) is 17.7 Å². The first-order valence-electron chi connectivity index (χ1n) is 12.8. The van der Waals surface area contributed by atoms with Crippen molar-refractivity contribution in [2.24, 2.45) is 0 Å². The van der Waals surface area contributed by atoms with Crippen LogP contribution in [0.15, 0.2) is 48.5 Å². The molecule has 2 atom stereocenters.